The van der Waals surface area contributed by atoms with Crippen LogP contribution in [0.25, 0.3) is 0 Å². The van der Waals surface area contributed by atoms with Gasteiger partial charge in [-0.2, -0.15) is 0 Å². The molecular formula is C18H18FN3O2S. The highest BCUT2D eigenvalue weighted by Crippen LogP contribution is 2.20. The quantitative estimate of drug-likeness (QED) is 0.686. The van der Waals surface area contributed by atoms with Crippen LogP contribution < -0.4 is 16.0 Å². The van der Waals surface area contributed by atoms with E-state index in [-0.39, 0.29) is 23.5 Å². The Morgan fingerprint density at radius 2 is 1.56 bits per heavy atom. The van der Waals surface area contributed by atoms with Crippen molar-refractivity contribution in [2.24, 2.45) is 0 Å². The fourth-order valence-corrected chi connectivity index (χ4v) is 2.79. The Balaban J connectivity index is 1.44. The summed E-state index contributed by atoms with van der Waals surface area (Å²) in [4.78, 5) is 24.4. The molecule has 0 bridgehead atoms. The summed E-state index contributed by atoms with van der Waals surface area (Å²) in [5.74, 6) is -0.218. The number of amides is 3. The molecule has 0 aromatic heterocycles. The second kappa shape index (κ2) is 8.02. The van der Waals surface area contributed by atoms with Gasteiger partial charge < -0.3 is 16.0 Å². The number of thioether (sulfide) groups is 1. The van der Waals surface area contributed by atoms with Gasteiger partial charge in [-0.15, -0.1) is 11.8 Å². The van der Waals surface area contributed by atoms with Gasteiger partial charge in [-0.25, -0.2) is 9.18 Å². The van der Waals surface area contributed by atoms with Crippen molar-refractivity contribution in [1.82, 2.24) is 5.32 Å². The molecule has 130 valence electrons. The molecule has 2 aromatic rings. The summed E-state index contributed by atoms with van der Waals surface area (Å²) in [6.07, 6.45) is 2.07. The van der Waals surface area contributed by atoms with Gasteiger partial charge >= 0.3 is 6.03 Å². The van der Waals surface area contributed by atoms with Crippen LogP contribution in [0.1, 0.15) is 12.8 Å². The maximum atomic E-state index is 12.8. The number of benzene rings is 2. The highest BCUT2D eigenvalue weighted by molar-refractivity contribution is 8.00. The molecule has 7 heteroatoms. The lowest BCUT2D eigenvalue weighted by atomic mass is 10.3. The monoisotopic (exact) mass is 359 g/mol. The molecule has 1 aliphatic carbocycles. The molecule has 0 atom stereocenters. The van der Waals surface area contributed by atoms with Crippen LogP contribution >= 0.6 is 11.8 Å². The first-order valence-electron chi connectivity index (χ1n) is 7.94. The summed E-state index contributed by atoms with van der Waals surface area (Å²) in [5.41, 5.74) is 1.31. The Labute approximate surface area is 149 Å². The maximum absolute atomic E-state index is 12.8. The first-order chi connectivity index (χ1) is 12.1. The van der Waals surface area contributed by atoms with Crippen molar-refractivity contribution in [3.8, 4) is 0 Å². The highest BCUT2D eigenvalue weighted by atomic mass is 32.2. The SMILES string of the molecule is O=C(CSc1ccc(F)cc1)Nc1ccc(NC(=O)NC2CC2)cc1. The van der Waals surface area contributed by atoms with Gasteiger partial charge in [0.15, 0.2) is 0 Å². The smallest absolute Gasteiger partial charge is 0.319 e. The van der Waals surface area contributed by atoms with Gasteiger partial charge in [0.05, 0.1) is 5.75 Å². The van der Waals surface area contributed by atoms with E-state index in [0.29, 0.717) is 17.4 Å². The van der Waals surface area contributed by atoms with Gasteiger partial charge in [0.25, 0.3) is 0 Å². The van der Waals surface area contributed by atoms with Crippen molar-refractivity contribution in [3.05, 3.63) is 54.3 Å². The number of nitrogens with one attached hydrogen (secondary N) is 3. The minimum atomic E-state index is -0.298. The lowest BCUT2D eigenvalue weighted by Crippen LogP contribution is -2.30. The molecule has 5 nitrogen and oxygen atoms in total. The van der Waals surface area contributed by atoms with Crippen molar-refractivity contribution in [2.75, 3.05) is 16.4 Å². The number of halogens is 1. The molecule has 0 unspecified atom stereocenters. The molecule has 1 fully saturated rings. The van der Waals surface area contributed by atoms with Crippen LogP contribution in [0.5, 0.6) is 0 Å². The molecule has 0 aliphatic heterocycles. The molecule has 2 aromatic carbocycles. The van der Waals surface area contributed by atoms with E-state index in [1.165, 1.54) is 23.9 Å². The van der Waals surface area contributed by atoms with E-state index < -0.39 is 0 Å². The van der Waals surface area contributed by atoms with Crippen LogP contribution in [0, 0.1) is 5.82 Å². The number of carbonyl (C=O) groups is 2. The Bertz CT molecular complexity index is 746. The molecule has 0 saturated heterocycles. The predicted molar refractivity (Wildman–Crippen MR) is 97.4 cm³/mol. The van der Waals surface area contributed by atoms with Crippen LogP contribution in [0.3, 0.4) is 0 Å². The summed E-state index contributed by atoms with van der Waals surface area (Å²) in [5, 5.41) is 8.37. The topological polar surface area (TPSA) is 70.2 Å². The average molecular weight is 359 g/mol. The molecule has 3 rings (SSSR count). The number of carbonyl (C=O) groups excluding carboxylic acids is 2. The van der Waals surface area contributed by atoms with Crippen molar-refractivity contribution in [3.63, 3.8) is 0 Å². The van der Waals surface area contributed by atoms with E-state index in [4.69, 9.17) is 0 Å². The lowest BCUT2D eigenvalue weighted by Gasteiger charge is -2.08. The molecule has 3 N–H and O–H groups in total. The highest BCUT2D eigenvalue weighted by Gasteiger charge is 2.23. The van der Waals surface area contributed by atoms with Gasteiger partial charge in [-0.3, -0.25) is 4.79 Å². The first-order valence-corrected chi connectivity index (χ1v) is 8.93. The summed E-state index contributed by atoms with van der Waals surface area (Å²) in [6.45, 7) is 0. The van der Waals surface area contributed by atoms with Gasteiger partial charge in [0.1, 0.15) is 5.82 Å². The number of urea groups is 1. The first kappa shape index (κ1) is 17.3. The molecule has 25 heavy (non-hydrogen) atoms. The molecule has 0 heterocycles. The number of rotatable bonds is 6. The Morgan fingerprint density at radius 1 is 0.960 bits per heavy atom. The van der Waals surface area contributed by atoms with Crippen molar-refractivity contribution in [2.45, 2.75) is 23.8 Å². The van der Waals surface area contributed by atoms with Gasteiger partial charge in [0.2, 0.25) is 5.91 Å². The fraction of sp³-hybridized carbons (Fsp3) is 0.222. The van der Waals surface area contributed by atoms with Crippen LogP contribution in [0.2, 0.25) is 0 Å². The van der Waals surface area contributed by atoms with Crippen LogP contribution in [0.15, 0.2) is 53.4 Å². The summed E-state index contributed by atoms with van der Waals surface area (Å²) in [6, 6.07) is 13.0. The van der Waals surface area contributed by atoms with E-state index in [1.54, 1.807) is 36.4 Å². The third kappa shape index (κ3) is 5.79. The van der Waals surface area contributed by atoms with Crippen molar-refractivity contribution in [1.29, 1.82) is 0 Å². The number of hydrogen-bond donors (Lipinski definition) is 3. The third-order valence-corrected chi connectivity index (χ3v) is 4.53. The average Bonchev–Trinajstić information content (AvgIpc) is 3.40. The van der Waals surface area contributed by atoms with Crippen LogP contribution in [-0.4, -0.2) is 23.7 Å². The van der Waals surface area contributed by atoms with E-state index in [2.05, 4.69) is 16.0 Å². The van der Waals surface area contributed by atoms with Gasteiger partial charge in [-0.05, 0) is 61.4 Å². The van der Waals surface area contributed by atoms with Crippen molar-refractivity contribution >= 4 is 35.1 Å². The van der Waals surface area contributed by atoms with Gasteiger partial charge in [-0.1, -0.05) is 0 Å². The second-order valence-electron chi connectivity index (χ2n) is 5.74. The maximum Gasteiger partial charge on any atom is 0.319 e. The van der Waals surface area contributed by atoms with E-state index in [0.717, 1.165) is 17.7 Å². The van der Waals surface area contributed by atoms with Gasteiger partial charge in [0, 0.05) is 22.3 Å². The number of hydrogen-bond acceptors (Lipinski definition) is 3. The third-order valence-electron chi connectivity index (χ3n) is 3.52. The zero-order chi connectivity index (χ0) is 17.6. The van der Waals surface area contributed by atoms with E-state index in [9.17, 15) is 14.0 Å². The normalized spacial score (nSPS) is 13.2. The minimum Gasteiger partial charge on any atom is -0.335 e. The minimum absolute atomic E-state index is 0.151. The molecule has 0 radical (unpaired) electrons. The Kier molecular flexibility index (Phi) is 5.55. The molecular weight excluding hydrogens is 341 g/mol. The van der Waals surface area contributed by atoms with E-state index >= 15 is 0 Å². The molecule has 0 spiro atoms. The lowest BCUT2D eigenvalue weighted by molar-refractivity contribution is -0.113. The van der Waals surface area contributed by atoms with Crippen LogP contribution in [-0.2, 0) is 4.79 Å². The summed E-state index contributed by atoms with van der Waals surface area (Å²) in [7, 11) is 0. The standard InChI is InChI=1S/C18H18FN3O2S/c19-12-1-9-16(10-2-12)25-11-17(23)20-13-3-5-14(6-4-13)21-18(24)22-15-7-8-15/h1-6,9-10,15H,7-8,11H2,(H,20,23)(H2,21,22,24). The zero-order valence-electron chi connectivity index (χ0n) is 13.4. The number of anilines is 2. The van der Waals surface area contributed by atoms with Crippen LogP contribution in [0.4, 0.5) is 20.6 Å². The Hall–Kier alpha value is -2.54. The predicted octanol–water partition coefficient (Wildman–Crippen LogP) is 3.84. The van der Waals surface area contributed by atoms with Crippen molar-refractivity contribution < 1.29 is 14.0 Å². The molecule has 3 amide bonds. The second-order valence-corrected chi connectivity index (χ2v) is 6.79. The Morgan fingerprint density at radius 3 is 2.16 bits per heavy atom. The summed E-state index contributed by atoms with van der Waals surface area (Å²) >= 11 is 1.34. The summed E-state index contributed by atoms with van der Waals surface area (Å²) < 4.78 is 12.8. The fourth-order valence-electron chi connectivity index (χ4n) is 2.09. The zero-order valence-corrected chi connectivity index (χ0v) is 14.2. The molecule has 1 saturated carbocycles. The molecule has 1 aliphatic rings. The largest absolute Gasteiger partial charge is 0.335 e. The van der Waals surface area contributed by atoms with E-state index in [1.807, 2.05) is 0 Å².